The van der Waals surface area contributed by atoms with E-state index in [0.29, 0.717) is 5.02 Å². The van der Waals surface area contributed by atoms with Gasteiger partial charge in [-0.15, -0.1) is 0 Å². The highest BCUT2D eigenvalue weighted by Crippen LogP contribution is 2.28. The van der Waals surface area contributed by atoms with E-state index in [1.807, 2.05) is 19.1 Å². The fourth-order valence-electron chi connectivity index (χ4n) is 1.20. The molecule has 1 aromatic rings. The lowest BCUT2D eigenvalue weighted by atomic mass is 10.1. The van der Waals surface area contributed by atoms with Gasteiger partial charge in [0.15, 0.2) is 0 Å². The number of benzene rings is 1. The number of halogens is 2. The Balaban J connectivity index is 2.88. The molecule has 0 spiro atoms. The van der Waals surface area contributed by atoms with Crippen molar-refractivity contribution in [1.82, 2.24) is 0 Å². The van der Waals surface area contributed by atoms with Crippen molar-refractivity contribution in [1.29, 1.82) is 0 Å². The molecule has 72 valence electrons. The molecule has 1 atom stereocenters. The van der Waals surface area contributed by atoms with E-state index >= 15 is 0 Å². The van der Waals surface area contributed by atoms with Gasteiger partial charge >= 0.3 is 0 Å². The monoisotopic (exact) mass is 262 g/mol. The minimum absolute atomic E-state index is 0.439. The summed E-state index contributed by atoms with van der Waals surface area (Å²) in [5.74, 6) is 0. The van der Waals surface area contributed by atoms with Gasteiger partial charge in [-0.2, -0.15) is 0 Å². The van der Waals surface area contributed by atoms with Crippen molar-refractivity contribution in [3.63, 3.8) is 0 Å². The molecule has 0 saturated heterocycles. The lowest BCUT2D eigenvalue weighted by molar-refractivity contribution is 0.166. The molecule has 0 amide bonds. The minimum Gasteiger partial charge on any atom is -0.388 e. The maximum Gasteiger partial charge on any atom is 0.0804 e. The Kier molecular flexibility index (Phi) is 4.23. The van der Waals surface area contributed by atoms with Crippen molar-refractivity contribution >= 4 is 27.5 Å². The van der Waals surface area contributed by atoms with Gasteiger partial charge < -0.3 is 5.11 Å². The van der Waals surface area contributed by atoms with Crippen LogP contribution in [0.2, 0.25) is 5.02 Å². The van der Waals surface area contributed by atoms with Gasteiger partial charge in [0.05, 0.1) is 6.10 Å². The first-order chi connectivity index (χ1) is 6.15. The third-order valence-corrected chi connectivity index (χ3v) is 2.70. The average molecular weight is 264 g/mol. The van der Waals surface area contributed by atoms with E-state index in [4.69, 9.17) is 11.6 Å². The summed E-state index contributed by atoms with van der Waals surface area (Å²) in [7, 11) is 0. The van der Waals surface area contributed by atoms with Crippen molar-refractivity contribution in [2.24, 2.45) is 0 Å². The highest BCUT2D eigenvalue weighted by molar-refractivity contribution is 9.10. The van der Waals surface area contributed by atoms with Crippen molar-refractivity contribution < 1.29 is 5.11 Å². The smallest absolute Gasteiger partial charge is 0.0804 e. The summed E-state index contributed by atoms with van der Waals surface area (Å²) in [4.78, 5) is 0. The van der Waals surface area contributed by atoms with Crippen LogP contribution < -0.4 is 0 Å². The quantitative estimate of drug-likeness (QED) is 0.876. The van der Waals surface area contributed by atoms with Crippen molar-refractivity contribution in [3.05, 3.63) is 33.3 Å². The van der Waals surface area contributed by atoms with E-state index in [2.05, 4.69) is 15.9 Å². The fourth-order valence-corrected chi connectivity index (χ4v) is 2.00. The summed E-state index contributed by atoms with van der Waals surface area (Å²) in [6.07, 6.45) is 1.26. The maximum absolute atomic E-state index is 9.69. The standard InChI is InChI=1S/C10H12BrClO/c1-2-3-10(13)8-5-4-7(11)6-9(8)12/h4-6,10,13H,2-3H2,1H3. The molecule has 0 aromatic heterocycles. The van der Waals surface area contributed by atoms with Crippen LogP contribution in [0, 0.1) is 0 Å². The second-order valence-corrected chi connectivity index (χ2v) is 4.29. The van der Waals surface area contributed by atoms with Gasteiger partial charge in [0.25, 0.3) is 0 Å². The minimum atomic E-state index is -0.439. The van der Waals surface area contributed by atoms with Gasteiger partial charge in [0.2, 0.25) is 0 Å². The second-order valence-electron chi connectivity index (χ2n) is 2.97. The summed E-state index contributed by atoms with van der Waals surface area (Å²) in [5, 5.41) is 10.3. The summed E-state index contributed by atoms with van der Waals surface area (Å²) < 4.78 is 0.935. The molecule has 0 fully saturated rings. The Hall–Kier alpha value is -0.0500. The largest absolute Gasteiger partial charge is 0.388 e. The molecule has 0 radical (unpaired) electrons. The van der Waals surface area contributed by atoms with Crippen molar-refractivity contribution in [2.75, 3.05) is 0 Å². The predicted octanol–water partition coefficient (Wildman–Crippen LogP) is 3.94. The molecule has 0 heterocycles. The van der Waals surface area contributed by atoms with E-state index in [1.165, 1.54) is 0 Å². The molecule has 3 heteroatoms. The normalized spacial score (nSPS) is 12.9. The van der Waals surface area contributed by atoms with Crippen LogP contribution in [0.1, 0.15) is 31.4 Å². The lowest BCUT2D eigenvalue weighted by Gasteiger charge is -2.11. The third-order valence-electron chi connectivity index (χ3n) is 1.88. The molecule has 1 aromatic carbocycles. The number of aliphatic hydroxyl groups is 1. The van der Waals surface area contributed by atoms with Gasteiger partial charge in [0.1, 0.15) is 0 Å². The molecule has 1 rings (SSSR count). The summed E-state index contributed by atoms with van der Waals surface area (Å²) in [6.45, 7) is 2.04. The van der Waals surface area contributed by atoms with Crippen LogP contribution in [0.25, 0.3) is 0 Å². The molecule has 1 nitrogen and oxygen atoms in total. The summed E-state index contributed by atoms with van der Waals surface area (Å²) >= 11 is 9.29. The Morgan fingerprint density at radius 1 is 1.54 bits per heavy atom. The van der Waals surface area contributed by atoms with Gasteiger partial charge in [-0.1, -0.05) is 46.9 Å². The van der Waals surface area contributed by atoms with Crippen LogP contribution in [-0.2, 0) is 0 Å². The lowest BCUT2D eigenvalue weighted by Crippen LogP contribution is -1.97. The van der Waals surface area contributed by atoms with E-state index in [0.717, 1.165) is 22.9 Å². The van der Waals surface area contributed by atoms with E-state index in [1.54, 1.807) is 6.07 Å². The Morgan fingerprint density at radius 3 is 2.77 bits per heavy atom. The molecular weight excluding hydrogens is 251 g/mol. The van der Waals surface area contributed by atoms with Crippen LogP contribution in [0.15, 0.2) is 22.7 Å². The first-order valence-corrected chi connectivity index (χ1v) is 5.45. The molecule has 0 saturated carbocycles. The van der Waals surface area contributed by atoms with Crippen molar-refractivity contribution in [2.45, 2.75) is 25.9 Å². The maximum atomic E-state index is 9.69. The highest BCUT2D eigenvalue weighted by atomic mass is 79.9. The number of rotatable bonds is 3. The van der Waals surface area contributed by atoms with Crippen LogP contribution >= 0.6 is 27.5 Å². The van der Waals surface area contributed by atoms with E-state index in [-0.39, 0.29) is 0 Å². The number of aliphatic hydroxyl groups excluding tert-OH is 1. The summed E-state index contributed by atoms with van der Waals surface area (Å²) in [5.41, 5.74) is 0.812. The highest BCUT2D eigenvalue weighted by Gasteiger charge is 2.10. The van der Waals surface area contributed by atoms with E-state index in [9.17, 15) is 5.11 Å². The van der Waals surface area contributed by atoms with Crippen molar-refractivity contribution in [3.8, 4) is 0 Å². The van der Waals surface area contributed by atoms with E-state index < -0.39 is 6.10 Å². The van der Waals surface area contributed by atoms with Gasteiger partial charge in [-0.25, -0.2) is 0 Å². The second kappa shape index (κ2) is 4.99. The first kappa shape index (κ1) is 11.0. The molecule has 0 bridgehead atoms. The Bertz CT molecular complexity index is 288. The zero-order valence-electron chi connectivity index (χ0n) is 7.43. The fraction of sp³-hybridized carbons (Fsp3) is 0.400. The number of hydrogen-bond donors (Lipinski definition) is 1. The topological polar surface area (TPSA) is 20.2 Å². The van der Waals surface area contributed by atoms with Crippen LogP contribution in [-0.4, -0.2) is 5.11 Å². The van der Waals surface area contributed by atoms with Gasteiger partial charge in [-0.05, 0) is 24.1 Å². The molecule has 13 heavy (non-hydrogen) atoms. The third kappa shape index (κ3) is 2.97. The molecule has 0 aliphatic heterocycles. The SMILES string of the molecule is CCCC(O)c1ccc(Br)cc1Cl. The predicted molar refractivity (Wildman–Crippen MR) is 59.0 cm³/mol. The van der Waals surface area contributed by atoms with Gasteiger partial charge in [0, 0.05) is 9.50 Å². The molecule has 0 aliphatic rings. The molecular formula is C10H12BrClO. The Morgan fingerprint density at radius 2 is 2.23 bits per heavy atom. The Labute approximate surface area is 91.9 Å². The average Bonchev–Trinajstić information content (AvgIpc) is 2.04. The zero-order valence-corrected chi connectivity index (χ0v) is 9.77. The van der Waals surface area contributed by atoms with Crippen LogP contribution in [0.5, 0.6) is 0 Å². The zero-order chi connectivity index (χ0) is 9.84. The van der Waals surface area contributed by atoms with Gasteiger partial charge in [-0.3, -0.25) is 0 Å². The molecule has 0 aliphatic carbocycles. The van der Waals surface area contributed by atoms with Crippen LogP contribution in [0.3, 0.4) is 0 Å². The first-order valence-electron chi connectivity index (χ1n) is 4.28. The van der Waals surface area contributed by atoms with Crippen LogP contribution in [0.4, 0.5) is 0 Å². The molecule has 1 N–H and O–H groups in total. The molecule has 1 unspecified atom stereocenters. The summed E-state index contributed by atoms with van der Waals surface area (Å²) in [6, 6.07) is 5.54. The number of hydrogen-bond acceptors (Lipinski definition) is 1.